The second-order valence-corrected chi connectivity index (χ2v) is 6.97. The van der Waals surface area contributed by atoms with Gasteiger partial charge in [0, 0.05) is 50.2 Å². The number of nitrogens with zero attached hydrogens (tertiary/aromatic N) is 1. The van der Waals surface area contributed by atoms with Gasteiger partial charge in [-0.2, -0.15) is 11.8 Å². The molecule has 0 radical (unpaired) electrons. The number of rotatable bonds is 6. The van der Waals surface area contributed by atoms with Crippen molar-refractivity contribution in [2.24, 2.45) is 0 Å². The molecule has 2 amide bonds. The number of benzene rings is 1. The Bertz CT molecular complexity index is 593. The van der Waals surface area contributed by atoms with Crippen LogP contribution in [0.3, 0.4) is 0 Å². The molecule has 0 spiro atoms. The van der Waals surface area contributed by atoms with Crippen LogP contribution in [0.1, 0.15) is 23.7 Å². The minimum absolute atomic E-state index is 0. The summed E-state index contributed by atoms with van der Waals surface area (Å²) in [6, 6.07) is 5.30. The van der Waals surface area contributed by atoms with Gasteiger partial charge in [-0.3, -0.25) is 9.59 Å². The predicted molar refractivity (Wildman–Crippen MR) is 105 cm³/mol. The van der Waals surface area contributed by atoms with Gasteiger partial charge in [-0.25, -0.2) is 0 Å². The third-order valence-electron chi connectivity index (χ3n) is 3.64. The maximum atomic E-state index is 12.3. The lowest BCUT2D eigenvalue weighted by molar-refractivity contribution is -0.116. The summed E-state index contributed by atoms with van der Waals surface area (Å²) in [7, 11) is 3.40. The van der Waals surface area contributed by atoms with Crippen LogP contribution in [-0.2, 0) is 4.79 Å². The predicted octanol–water partition coefficient (Wildman–Crippen LogP) is 2.24. The van der Waals surface area contributed by atoms with Gasteiger partial charge < -0.3 is 20.3 Å². The molecule has 8 heteroatoms. The summed E-state index contributed by atoms with van der Waals surface area (Å²) < 4.78 is 5.56. The molecule has 0 bridgehead atoms. The lowest BCUT2D eigenvalue weighted by atomic mass is 10.1. The van der Waals surface area contributed by atoms with Gasteiger partial charge in [0.2, 0.25) is 5.91 Å². The molecule has 1 aliphatic heterocycles. The minimum atomic E-state index is -0.112. The molecule has 1 atom stereocenters. The molecular formula is C17H26ClN3O3S. The maximum Gasteiger partial charge on any atom is 0.253 e. The van der Waals surface area contributed by atoms with Crippen molar-refractivity contribution in [2.45, 2.75) is 19.4 Å². The average molecular weight is 388 g/mol. The Kier molecular flexibility index (Phi) is 9.10. The summed E-state index contributed by atoms with van der Waals surface area (Å²) in [4.78, 5) is 26.0. The smallest absolute Gasteiger partial charge is 0.253 e. The summed E-state index contributed by atoms with van der Waals surface area (Å²) in [5.74, 6) is 2.41. The van der Waals surface area contributed by atoms with E-state index >= 15 is 0 Å². The van der Waals surface area contributed by atoms with E-state index in [1.165, 1.54) is 4.90 Å². The summed E-state index contributed by atoms with van der Waals surface area (Å²) in [6.07, 6.45) is 0.407. The van der Waals surface area contributed by atoms with E-state index in [2.05, 4.69) is 10.6 Å². The van der Waals surface area contributed by atoms with Gasteiger partial charge >= 0.3 is 0 Å². The zero-order chi connectivity index (χ0) is 17.5. The Morgan fingerprint density at radius 3 is 2.76 bits per heavy atom. The molecule has 0 aliphatic carbocycles. The van der Waals surface area contributed by atoms with Gasteiger partial charge in [-0.15, -0.1) is 12.4 Å². The first-order valence-corrected chi connectivity index (χ1v) is 9.26. The molecule has 140 valence electrons. The first-order valence-electron chi connectivity index (χ1n) is 8.10. The number of anilines is 1. The van der Waals surface area contributed by atoms with Crippen molar-refractivity contribution < 1.29 is 14.3 Å². The standard InChI is InChI=1S/C17H25N3O3S.ClH/c1-4-23-15-6-5-12(17(22)20(2)3)9-14(15)19-16(21)10-13-11-24-8-7-18-13;/h5-6,9,13,18H,4,7-8,10-11H2,1-3H3,(H,19,21);1H. The second-order valence-electron chi connectivity index (χ2n) is 5.82. The highest BCUT2D eigenvalue weighted by Crippen LogP contribution is 2.27. The Labute approximate surface area is 159 Å². The SMILES string of the molecule is CCOc1ccc(C(=O)N(C)C)cc1NC(=O)CC1CSCCN1.Cl. The van der Waals surface area contributed by atoms with E-state index in [1.807, 2.05) is 18.7 Å². The summed E-state index contributed by atoms with van der Waals surface area (Å²) in [5.41, 5.74) is 1.06. The van der Waals surface area contributed by atoms with Gasteiger partial charge in [-0.05, 0) is 25.1 Å². The normalized spacial score (nSPS) is 16.5. The van der Waals surface area contributed by atoms with Crippen LogP contribution in [0.2, 0.25) is 0 Å². The largest absolute Gasteiger partial charge is 0.492 e. The molecule has 1 saturated heterocycles. The molecule has 25 heavy (non-hydrogen) atoms. The molecule has 1 aliphatic rings. The number of thioether (sulfide) groups is 1. The minimum Gasteiger partial charge on any atom is -0.492 e. The molecule has 1 fully saturated rings. The fraction of sp³-hybridized carbons (Fsp3) is 0.529. The highest BCUT2D eigenvalue weighted by molar-refractivity contribution is 7.99. The van der Waals surface area contributed by atoms with E-state index in [-0.39, 0.29) is 30.3 Å². The Hall–Kier alpha value is -1.44. The van der Waals surface area contributed by atoms with E-state index in [0.29, 0.717) is 30.0 Å². The second kappa shape index (κ2) is 10.5. The van der Waals surface area contributed by atoms with Crippen molar-refractivity contribution >= 4 is 41.7 Å². The third kappa shape index (κ3) is 6.41. The number of ether oxygens (including phenoxy) is 1. The number of carbonyl (C=O) groups is 2. The summed E-state index contributed by atoms with van der Waals surface area (Å²) >= 11 is 1.85. The number of hydrogen-bond acceptors (Lipinski definition) is 5. The first kappa shape index (κ1) is 21.6. The van der Waals surface area contributed by atoms with Gasteiger partial charge in [0.15, 0.2) is 0 Å². The van der Waals surface area contributed by atoms with E-state index in [0.717, 1.165) is 18.1 Å². The Morgan fingerprint density at radius 2 is 2.16 bits per heavy atom. The van der Waals surface area contributed by atoms with Gasteiger partial charge in [0.25, 0.3) is 5.91 Å². The molecule has 1 heterocycles. The van der Waals surface area contributed by atoms with Crippen molar-refractivity contribution in [1.29, 1.82) is 0 Å². The molecule has 0 saturated carbocycles. The third-order valence-corrected chi connectivity index (χ3v) is 4.77. The van der Waals surface area contributed by atoms with Crippen LogP contribution in [0, 0.1) is 0 Å². The van der Waals surface area contributed by atoms with Gasteiger partial charge in [-0.1, -0.05) is 0 Å². The highest BCUT2D eigenvalue weighted by atomic mass is 35.5. The van der Waals surface area contributed by atoms with E-state index in [9.17, 15) is 9.59 Å². The molecule has 2 N–H and O–H groups in total. The van der Waals surface area contributed by atoms with Crippen LogP contribution in [0.15, 0.2) is 18.2 Å². The van der Waals surface area contributed by atoms with Gasteiger partial charge in [0.05, 0.1) is 12.3 Å². The van der Waals surface area contributed by atoms with Crippen molar-refractivity contribution in [3.8, 4) is 5.75 Å². The summed E-state index contributed by atoms with van der Waals surface area (Å²) in [5, 5.41) is 6.24. The molecule has 6 nitrogen and oxygen atoms in total. The number of halogens is 1. The molecule has 1 aromatic carbocycles. The first-order chi connectivity index (χ1) is 11.5. The number of amides is 2. The Morgan fingerprint density at radius 1 is 1.40 bits per heavy atom. The molecule has 2 rings (SSSR count). The van der Waals surface area contributed by atoms with E-state index < -0.39 is 0 Å². The average Bonchev–Trinajstić information content (AvgIpc) is 2.56. The van der Waals surface area contributed by atoms with Crippen LogP contribution in [0.5, 0.6) is 5.75 Å². The zero-order valence-corrected chi connectivity index (χ0v) is 16.5. The van der Waals surface area contributed by atoms with E-state index in [4.69, 9.17) is 4.74 Å². The van der Waals surface area contributed by atoms with Crippen LogP contribution in [0.4, 0.5) is 5.69 Å². The van der Waals surface area contributed by atoms with Crippen LogP contribution >= 0.6 is 24.2 Å². The molecular weight excluding hydrogens is 362 g/mol. The lowest BCUT2D eigenvalue weighted by Crippen LogP contribution is -2.39. The monoisotopic (exact) mass is 387 g/mol. The van der Waals surface area contributed by atoms with Gasteiger partial charge in [0.1, 0.15) is 5.75 Å². The Balaban J connectivity index is 0.00000312. The molecule has 1 aromatic rings. The quantitative estimate of drug-likeness (QED) is 0.783. The van der Waals surface area contributed by atoms with Crippen LogP contribution in [-0.4, -0.2) is 61.5 Å². The zero-order valence-electron chi connectivity index (χ0n) is 14.8. The van der Waals surface area contributed by atoms with Crippen molar-refractivity contribution in [3.63, 3.8) is 0 Å². The van der Waals surface area contributed by atoms with Crippen molar-refractivity contribution in [3.05, 3.63) is 23.8 Å². The van der Waals surface area contributed by atoms with Crippen molar-refractivity contribution in [1.82, 2.24) is 10.2 Å². The summed E-state index contributed by atoms with van der Waals surface area (Å²) in [6.45, 7) is 3.30. The maximum absolute atomic E-state index is 12.3. The number of nitrogens with one attached hydrogen (secondary N) is 2. The van der Waals surface area contributed by atoms with Crippen LogP contribution in [0.25, 0.3) is 0 Å². The lowest BCUT2D eigenvalue weighted by Gasteiger charge is -2.23. The number of hydrogen-bond donors (Lipinski definition) is 2. The van der Waals surface area contributed by atoms with E-state index in [1.54, 1.807) is 32.3 Å². The fourth-order valence-electron chi connectivity index (χ4n) is 2.48. The van der Waals surface area contributed by atoms with Crippen LogP contribution < -0.4 is 15.4 Å². The van der Waals surface area contributed by atoms with Crippen molar-refractivity contribution in [2.75, 3.05) is 44.1 Å². The number of carbonyl (C=O) groups excluding carboxylic acids is 2. The molecule has 1 unspecified atom stereocenters. The fourth-order valence-corrected chi connectivity index (χ4v) is 3.43. The highest BCUT2D eigenvalue weighted by Gasteiger charge is 2.19. The molecule has 0 aromatic heterocycles. The topological polar surface area (TPSA) is 70.7 Å².